The van der Waals surface area contributed by atoms with Crippen molar-refractivity contribution in [2.24, 2.45) is 0 Å². The number of aryl methyl sites for hydroxylation is 1. The summed E-state index contributed by atoms with van der Waals surface area (Å²) in [6.07, 6.45) is 0.899. The summed E-state index contributed by atoms with van der Waals surface area (Å²) in [5.74, 6) is 0.584. The Balaban J connectivity index is 1.63. The third kappa shape index (κ3) is 7.01. The molecule has 0 saturated carbocycles. The SMILES string of the molecule is CCOc1ccc(OCCNC(=O)COC(=O)c2ccc(CC)cc2)cc1. The second-order valence-corrected chi connectivity index (χ2v) is 5.73. The number of carbonyl (C=O) groups excluding carboxylic acids is 2. The molecule has 6 nitrogen and oxygen atoms in total. The number of hydrogen-bond acceptors (Lipinski definition) is 5. The van der Waals surface area contributed by atoms with Crippen LogP contribution in [-0.4, -0.2) is 38.2 Å². The van der Waals surface area contributed by atoms with Crippen molar-refractivity contribution in [1.29, 1.82) is 0 Å². The number of amides is 1. The van der Waals surface area contributed by atoms with E-state index in [1.54, 1.807) is 24.3 Å². The maximum atomic E-state index is 11.9. The molecule has 144 valence electrons. The van der Waals surface area contributed by atoms with Gasteiger partial charge in [0.15, 0.2) is 6.61 Å². The van der Waals surface area contributed by atoms with Crippen molar-refractivity contribution >= 4 is 11.9 Å². The molecule has 6 heteroatoms. The number of rotatable bonds is 10. The molecule has 0 spiro atoms. The van der Waals surface area contributed by atoms with Gasteiger partial charge in [-0.3, -0.25) is 4.79 Å². The van der Waals surface area contributed by atoms with Gasteiger partial charge in [-0.15, -0.1) is 0 Å². The zero-order valence-electron chi connectivity index (χ0n) is 15.7. The van der Waals surface area contributed by atoms with Crippen molar-refractivity contribution in [3.8, 4) is 11.5 Å². The first-order valence-electron chi connectivity index (χ1n) is 9.00. The molecule has 2 rings (SSSR count). The Kier molecular flexibility index (Phi) is 8.16. The van der Waals surface area contributed by atoms with E-state index >= 15 is 0 Å². The highest BCUT2D eigenvalue weighted by Gasteiger charge is 2.09. The highest BCUT2D eigenvalue weighted by molar-refractivity contribution is 5.91. The van der Waals surface area contributed by atoms with Gasteiger partial charge >= 0.3 is 5.97 Å². The standard InChI is InChI=1S/C21H25NO5/c1-3-16-5-7-17(8-6-16)21(24)27-15-20(23)22-13-14-26-19-11-9-18(10-12-19)25-4-2/h5-12H,3-4,13-15H2,1-2H3,(H,22,23). The smallest absolute Gasteiger partial charge is 0.338 e. The van der Waals surface area contributed by atoms with Crippen LogP contribution in [0.25, 0.3) is 0 Å². The van der Waals surface area contributed by atoms with Gasteiger partial charge in [-0.1, -0.05) is 19.1 Å². The summed E-state index contributed by atoms with van der Waals surface area (Å²) in [7, 11) is 0. The first-order valence-corrected chi connectivity index (χ1v) is 9.00. The molecule has 0 aliphatic carbocycles. The Labute approximate surface area is 159 Å². The van der Waals surface area contributed by atoms with E-state index in [0.717, 1.165) is 17.7 Å². The molecule has 0 atom stereocenters. The number of ether oxygens (including phenoxy) is 3. The molecule has 0 heterocycles. The summed E-state index contributed by atoms with van der Waals surface area (Å²) in [4.78, 5) is 23.6. The zero-order valence-corrected chi connectivity index (χ0v) is 15.7. The molecule has 0 aromatic heterocycles. The van der Waals surface area contributed by atoms with Crippen LogP contribution >= 0.6 is 0 Å². The highest BCUT2D eigenvalue weighted by atomic mass is 16.5. The Morgan fingerprint density at radius 3 is 2.11 bits per heavy atom. The average Bonchev–Trinajstić information content (AvgIpc) is 2.71. The van der Waals surface area contributed by atoms with E-state index in [1.165, 1.54) is 0 Å². The van der Waals surface area contributed by atoms with Crippen LogP contribution in [0, 0.1) is 0 Å². The first kappa shape index (κ1) is 20.3. The normalized spacial score (nSPS) is 10.1. The molecule has 0 fully saturated rings. The predicted molar refractivity (Wildman–Crippen MR) is 102 cm³/mol. The molecule has 2 aromatic rings. The quantitative estimate of drug-likeness (QED) is 0.513. The summed E-state index contributed by atoms with van der Waals surface area (Å²) in [5.41, 5.74) is 1.57. The second kappa shape index (κ2) is 10.9. The fourth-order valence-corrected chi connectivity index (χ4v) is 2.30. The largest absolute Gasteiger partial charge is 0.494 e. The Hall–Kier alpha value is -3.02. The lowest BCUT2D eigenvalue weighted by Crippen LogP contribution is -2.32. The molecule has 1 N–H and O–H groups in total. The third-order valence-corrected chi connectivity index (χ3v) is 3.76. The van der Waals surface area contributed by atoms with E-state index in [2.05, 4.69) is 5.32 Å². The van der Waals surface area contributed by atoms with Gasteiger partial charge in [0.2, 0.25) is 0 Å². The van der Waals surface area contributed by atoms with Gasteiger partial charge in [0.05, 0.1) is 18.7 Å². The maximum absolute atomic E-state index is 11.9. The highest BCUT2D eigenvalue weighted by Crippen LogP contribution is 2.17. The predicted octanol–water partition coefficient (Wildman–Crippen LogP) is 3.00. The molecule has 0 aliphatic heterocycles. The van der Waals surface area contributed by atoms with Gasteiger partial charge < -0.3 is 19.5 Å². The minimum atomic E-state index is -0.515. The molecule has 0 unspecified atom stereocenters. The molecule has 0 saturated heterocycles. The summed E-state index contributed by atoms with van der Waals surface area (Å²) in [5, 5.41) is 2.64. The molecular formula is C21H25NO5. The second-order valence-electron chi connectivity index (χ2n) is 5.73. The monoisotopic (exact) mass is 371 g/mol. The fourth-order valence-electron chi connectivity index (χ4n) is 2.30. The van der Waals surface area contributed by atoms with Crippen LogP contribution < -0.4 is 14.8 Å². The van der Waals surface area contributed by atoms with Gasteiger partial charge in [-0.25, -0.2) is 4.79 Å². The number of esters is 1. The molecule has 0 aliphatic rings. The Bertz CT molecular complexity index is 725. The Morgan fingerprint density at radius 2 is 1.52 bits per heavy atom. The van der Waals surface area contributed by atoms with E-state index in [1.807, 2.05) is 38.1 Å². The summed E-state index contributed by atoms with van der Waals surface area (Å²) in [6.45, 7) is 4.88. The molecule has 2 aromatic carbocycles. The molecule has 0 radical (unpaired) electrons. The van der Waals surface area contributed by atoms with Gasteiger partial charge in [-0.05, 0) is 55.3 Å². The first-order chi connectivity index (χ1) is 13.1. The topological polar surface area (TPSA) is 73.9 Å². The van der Waals surface area contributed by atoms with E-state index in [0.29, 0.717) is 31.1 Å². The Morgan fingerprint density at radius 1 is 0.889 bits per heavy atom. The van der Waals surface area contributed by atoms with Crippen molar-refractivity contribution in [1.82, 2.24) is 5.32 Å². The van der Waals surface area contributed by atoms with Gasteiger partial charge in [0.1, 0.15) is 18.1 Å². The lowest BCUT2D eigenvalue weighted by Gasteiger charge is -2.09. The molecular weight excluding hydrogens is 346 g/mol. The summed E-state index contributed by atoms with van der Waals surface area (Å²) in [6, 6.07) is 14.4. The number of carbonyl (C=O) groups is 2. The van der Waals surface area contributed by atoms with Crippen LogP contribution in [0.2, 0.25) is 0 Å². The fraction of sp³-hybridized carbons (Fsp3) is 0.333. The summed E-state index contributed by atoms with van der Waals surface area (Å²) >= 11 is 0. The number of benzene rings is 2. The molecule has 1 amide bonds. The minimum absolute atomic E-state index is 0.312. The van der Waals surface area contributed by atoms with E-state index < -0.39 is 5.97 Å². The van der Waals surface area contributed by atoms with Crippen LogP contribution in [0.3, 0.4) is 0 Å². The lowest BCUT2D eigenvalue weighted by atomic mass is 10.1. The third-order valence-electron chi connectivity index (χ3n) is 3.76. The number of hydrogen-bond donors (Lipinski definition) is 1. The van der Waals surface area contributed by atoms with E-state index in [-0.39, 0.29) is 12.5 Å². The average molecular weight is 371 g/mol. The van der Waals surface area contributed by atoms with E-state index in [4.69, 9.17) is 14.2 Å². The van der Waals surface area contributed by atoms with Crippen molar-refractivity contribution in [2.45, 2.75) is 20.3 Å². The van der Waals surface area contributed by atoms with Gasteiger partial charge in [0, 0.05) is 0 Å². The van der Waals surface area contributed by atoms with Crippen molar-refractivity contribution in [2.75, 3.05) is 26.4 Å². The zero-order chi connectivity index (χ0) is 19.5. The molecule has 27 heavy (non-hydrogen) atoms. The van der Waals surface area contributed by atoms with Crippen LogP contribution in [0.1, 0.15) is 29.8 Å². The van der Waals surface area contributed by atoms with Gasteiger partial charge in [0.25, 0.3) is 5.91 Å². The van der Waals surface area contributed by atoms with Crippen LogP contribution in [-0.2, 0) is 16.0 Å². The maximum Gasteiger partial charge on any atom is 0.338 e. The van der Waals surface area contributed by atoms with Crippen molar-refractivity contribution in [3.05, 3.63) is 59.7 Å². The van der Waals surface area contributed by atoms with Crippen LogP contribution in [0.5, 0.6) is 11.5 Å². The lowest BCUT2D eigenvalue weighted by molar-refractivity contribution is -0.124. The molecule has 0 bridgehead atoms. The van der Waals surface area contributed by atoms with E-state index in [9.17, 15) is 9.59 Å². The summed E-state index contributed by atoms with van der Waals surface area (Å²) < 4.78 is 15.9. The minimum Gasteiger partial charge on any atom is -0.494 e. The number of nitrogens with one attached hydrogen (secondary N) is 1. The van der Waals surface area contributed by atoms with Crippen LogP contribution in [0.15, 0.2) is 48.5 Å². The van der Waals surface area contributed by atoms with Crippen molar-refractivity contribution < 1.29 is 23.8 Å². The van der Waals surface area contributed by atoms with Gasteiger partial charge in [-0.2, -0.15) is 0 Å². The van der Waals surface area contributed by atoms with Crippen molar-refractivity contribution in [3.63, 3.8) is 0 Å². The van der Waals surface area contributed by atoms with Crippen LogP contribution in [0.4, 0.5) is 0 Å².